The Balaban J connectivity index is 2.04. The van der Waals surface area contributed by atoms with Crippen molar-refractivity contribution < 1.29 is 9.21 Å². The van der Waals surface area contributed by atoms with Crippen molar-refractivity contribution in [2.75, 3.05) is 0 Å². The summed E-state index contributed by atoms with van der Waals surface area (Å²) >= 11 is 1.34. The number of hydrazine groups is 1. The third kappa shape index (κ3) is 2.88. The first-order valence-corrected chi connectivity index (χ1v) is 6.52. The van der Waals surface area contributed by atoms with Gasteiger partial charge in [0.25, 0.3) is 0 Å². The van der Waals surface area contributed by atoms with Gasteiger partial charge >= 0.3 is 11.6 Å². The second-order valence-corrected chi connectivity index (χ2v) is 4.53. The zero-order valence-electron chi connectivity index (χ0n) is 10.2. The molecule has 2 heterocycles. The largest absolute Gasteiger partial charge is 0.455 e. The Bertz CT molecular complexity index is 629. The second kappa shape index (κ2) is 5.76. The number of aromatic amines is 1. The second-order valence-electron chi connectivity index (χ2n) is 3.58. The predicted octanol–water partition coefficient (Wildman–Crippen LogP) is 0.0801. The third-order valence-electron chi connectivity index (χ3n) is 2.40. The molecule has 0 saturated heterocycles. The maximum Gasteiger partial charge on any atom is 0.343 e. The van der Waals surface area contributed by atoms with Crippen LogP contribution in [0.15, 0.2) is 26.5 Å². The van der Waals surface area contributed by atoms with Crippen LogP contribution in [0.4, 0.5) is 0 Å². The number of hydrogen-bond acceptors (Lipinski definition) is 6. The Kier molecular flexibility index (Phi) is 4.07. The summed E-state index contributed by atoms with van der Waals surface area (Å²) < 4.78 is 6.82. The molecule has 8 nitrogen and oxygen atoms in total. The van der Waals surface area contributed by atoms with Gasteiger partial charge in [-0.05, 0) is 19.1 Å². The molecule has 0 fully saturated rings. The lowest BCUT2D eigenvalue weighted by Gasteiger charge is -2.00. The van der Waals surface area contributed by atoms with Crippen LogP contribution in [0, 0.1) is 0 Å². The van der Waals surface area contributed by atoms with Crippen molar-refractivity contribution in [3.63, 3.8) is 0 Å². The maximum atomic E-state index is 11.4. The van der Waals surface area contributed by atoms with E-state index in [1.54, 1.807) is 6.07 Å². The van der Waals surface area contributed by atoms with E-state index in [0.29, 0.717) is 23.2 Å². The van der Waals surface area contributed by atoms with E-state index in [1.807, 2.05) is 12.3 Å². The summed E-state index contributed by atoms with van der Waals surface area (Å²) in [4.78, 5) is 22.6. The van der Waals surface area contributed by atoms with Crippen molar-refractivity contribution in [1.29, 1.82) is 0 Å². The van der Waals surface area contributed by atoms with Crippen LogP contribution in [-0.4, -0.2) is 20.7 Å². The molecule has 0 spiro atoms. The van der Waals surface area contributed by atoms with Gasteiger partial charge in [0, 0.05) is 6.54 Å². The van der Waals surface area contributed by atoms with Crippen molar-refractivity contribution in [2.45, 2.75) is 24.4 Å². The SMILES string of the molecule is CCn1c(SCc2ccc(C(=O)NN)o2)n[nH]c1=O. The smallest absolute Gasteiger partial charge is 0.343 e. The Morgan fingerprint density at radius 2 is 2.42 bits per heavy atom. The number of carbonyl (C=O) groups is 1. The summed E-state index contributed by atoms with van der Waals surface area (Å²) in [5.74, 6) is 5.72. The number of nitrogen functional groups attached to an aromatic ring is 1. The van der Waals surface area contributed by atoms with Gasteiger partial charge in [0.2, 0.25) is 0 Å². The van der Waals surface area contributed by atoms with Crippen LogP contribution in [0.1, 0.15) is 23.2 Å². The van der Waals surface area contributed by atoms with Crippen molar-refractivity contribution >= 4 is 17.7 Å². The number of H-pyrrole nitrogens is 1. The number of furan rings is 1. The van der Waals surface area contributed by atoms with E-state index < -0.39 is 5.91 Å². The van der Waals surface area contributed by atoms with Gasteiger partial charge in [-0.25, -0.2) is 15.7 Å². The first kappa shape index (κ1) is 13.4. The molecule has 0 aromatic carbocycles. The van der Waals surface area contributed by atoms with E-state index in [1.165, 1.54) is 22.4 Å². The van der Waals surface area contributed by atoms with E-state index in [2.05, 4.69) is 10.2 Å². The number of hydrogen-bond donors (Lipinski definition) is 3. The highest BCUT2D eigenvalue weighted by molar-refractivity contribution is 7.98. The minimum atomic E-state index is -0.485. The lowest BCUT2D eigenvalue weighted by atomic mass is 10.4. The molecule has 0 atom stereocenters. The average molecular weight is 283 g/mol. The fourth-order valence-corrected chi connectivity index (χ4v) is 2.38. The Labute approximate surface area is 112 Å². The zero-order chi connectivity index (χ0) is 13.8. The number of aromatic nitrogens is 3. The van der Waals surface area contributed by atoms with Gasteiger partial charge in [-0.3, -0.25) is 14.8 Å². The number of nitrogens with zero attached hydrogens (tertiary/aromatic N) is 2. The van der Waals surface area contributed by atoms with Gasteiger partial charge in [0.05, 0.1) is 5.75 Å². The summed E-state index contributed by atoms with van der Waals surface area (Å²) in [7, 11) is 0. The molecule has 0 radical (unpaired) electrons. The van der Waals surface area contributed by atoms with Crippen LogP contribution in [0.3, 0.4) is 0 Å². The Morgan fingerprint density at radius 3 is 3.11 bits per heavy atom. The molecule has 2 aromatic heterocycles. The third-order valence-corrected chi connectivity index (χ3v) is 3.40. The zero-order valence-corrected chi connectivity index (χ0v) is 11.0. The number of nitrogens with two attached hydrogens (primary N) is 1. The summed E-state index contributed by atoms with van der Waals surface area (Å²) in [6, 6.07) is 3.22. The van der Waals surface area contributed by atoms with Crippen molar-refractivity contribution in [3.05, 3.63) is 34.1 Å². The fraction of sp³-hybridized carbons (Fsp3) is 0.300. The normalized spacial score (nSPS) is 10.6. The summed E-state index contributed by atoms with van der Waals surface area (Å²) in [6.07, 6.45) is 0. The van der Waals surface area contributed by atoms with Gasteiger partial charge in [0.1, 0.15) is 5.76 Å². The molecule has 0 aliphatic rings. The predicted molar refractivity (Wildman–Crippen MR) is 68.4 cm³/mol. The van der Waals surface area contributed by atoms with Crippen molar-refractivity contribution in [2.24, 2.45) is 5.84 Å². The Morgan fingerprint density at radius 1 is 1.63 bits per heavy atom. The highest BCUT2D eigenvalue weighted by Crippen LogP contribution is 2.21. The van der Waals surface area contributed by atoms with Crippen molar-refractivity contribution in [1.82, 2.24) is 20.2 Å². The molecule has 102 valence electrons. The van der Waals surface area contributed by atoms with E-state index >= 15 is 0 Å². The molecule has 0 saturated carbocycles. The summed E-state index contributed by atoms with van der Waals surface area (Å²) in [5, 5.41) is 6.87. The fourth-order valence-electron chi connectivity index (χ4n) is 1.48. The minimum Gasteiger partial charge on any atom is -0.455 e. The van der Waals surface area contributed by atoms with Crippen LogP contribution in [0.5, 0.6) is 0 Å². The van der Waals surface area contributed by atoms with E-state index in [4.69, 9.17) is 10.3 Å². The van der Waals surface area contributed by atoms with Gasteiger partial charge < -0.3 is 4.42 Å². The Hall–Kier alpha value is -2.00. The first-order valence-electron chi connectivity index (χ1n) is 5.53. The number of thioether (sulfide) groups is 1. The van der Waals surface area contributed by atoms with E-state index in [9.17, 15) is 9.59 Å². The highest BCUT2D eigenvalue weighted by atomic mass is 32.2. The molecular formula is C10H13N5O3S. The van der Waals surface area contributed by atoms with E-state index in [0.717, 1.165) is 0 Å². The molecule has 2 rings (SSSR count). The topological polar surface area (TPSA) is 119 Å². The molecule has 0 unspecified atom stereocenters. The van der Waals surface area contributed by atoms with Gasteiger partial charge in [-0.15, -0.1) is 5.10 Å². The summed E-state index contributed by atoms with van der Waals surface area (Å²) in [6.45, 7) is 2.40. The number of amides is 1. The molecule has 19 heavy (non-hydrogen) atoms. The van der Waals surface area contributed by atoms with Gasteiger partial charge in [-0.1, -0.05) is 11.8 Å². The van der Waals surface area contributed by atoms with Crippen molar-refractivity contribution in [3.8, 4) is 0 Å². The number of rotatable bonds is 5. The molecule has 0 aliphatic carbocycles. The van der Waals surface area contributed by atoms with Crippen LogP contribution >= 0.6 is 11.8 Å². The monoisotopic (exact) mass is 283 g/mol. The average Bonchev–Trinajstić information content (AvgIpc) is 3.02. The molecule has 4 N–H and O–H groups in total. The summed E-state index contributed by atoms with van der Waals surface area (Å²) in [5.41, 5.74) is 1.74. The molecular weight excluding hydrogens is 270 g/mol. The molecule has 0 bridgehead atoms. The van der Waals surface area contributed by atoms with Crippen LogP contribution in [0.2, 0.25) is 0 Å². The molecule has 9 heteroatoms. The number of nitrogens with one attached hydrogen (secondary N) is 2. The lowest BCUT2D eigenvalue weighted by Crippen LogP contribution is -2.29. The standard InChI is InChI=1S/C10H13N5O3S/c1-2-15-9(17)13-14-10(15)19-5-6-3-4-7(18-6)8(16)12-11/h3-4H,2,5,11H2,1H3,(H,12,16)(H,13,17). The van der Waals surface area contributed by atoms with Crippen LogP contribution in [0.25, 0.3) is 0 Å². The van der Waals surface area contributed by atoms with Gasteiger partial charge in [-0.2, -0.15) is 0 Å². The molecule has 2 aromatic rings. The van der Waals surface area contributed by atoms with Crippen LogP contribution in [-0.2, 0) is 12.3 Å². The number of carbonyl (C=O) groups excluding carboxylic acids is 1. The maximum absolute atomic E-state index is 11.4. The molecule has 0 aliphatic heterocycles. The first-order chi connectivity index (χ1) is 9.15. The quantitative estimate of drug-likeness (QED) is 0.309. The minimum absolute atomic E-state index is 0.146. The lowest BCUT2D eigenvalue weighted by molar-refractivity contribution is 0.0924. The van der Waals surface area contributed by atoms with Gasteiger partial charge in [0.15, 0.2) is 10.9 Å². The van der Waals surface area contributed by atoms with Crippen LogP contribution < -0.4 is 17.0 Å². The highest BCUT2D eigenvalue weighted by Gasteiger charge is 2.12. The molecule has 1 amide bonds. The van der Waals surface area contributed by atoms with E-state index in [-0.39, 0.29) is 11.4 Å².